The lowest BCUT2D eigenvalue weighted by Crippen LogP contribution is -2.31. The van der Waals surface area contributed by atoms with E-state index in [1.807, 2.05) is 6.07 Å². The quantitative estimate of drug-likeness (QED) is 0.770. The number of carbonyl (C=O) groups excluding carboxylic acids is 1. The van der Waals surface area contributed by atoms with Crippen LogP contribution in [0.15, 0.2) is 35.0 Å². The molecule has 0 N–H and O–H groups in total. The molecule has 4 nitrogen and oxygen atoms in total. The van der Waals surface area contributed by atoms with Crippen LogP contribution in [0.3, 0.4) is 0 Å². The monoisotopic (exact) mass is 339 g/mol. The molecule has 3 aliphatic rings. The van der Waals surface area contributed by atoms with Crippen LogP contribution in [0.5, 0.6) is 5.75 Å². The van der Waals surface area contributed by atoms with E-state index in [1.165, 1.54) is 41.5 Å². The fourth-order valence-electron chi connectivity index (χ4n) is 4.45. The van der Waals surface area contributed by atoms with Crippen LogP contribution in [0, 0.1) is 0 Å². The molecule has 1 fully saturated rings. The van der Waals surface area contributed by atoms with Crippen LogP contribution in [0.25, 0.3) is 5.57 Å². The van der Waals surface area contributed by atoms with Gasteiger partial charge in [0.05, 0.1) is 19.8 Å². The first kappa shape index (κ1) is 16.2. The highest BCUT2D eigenvalue weighted by molar-refractivity contribution is 5.93. The molecule has 0 bridgehead atoms. The van der Waals surface area contributed by atoms with Gasteiger partial charge in [-0.25, -0.2) is 4.79 Å². The number of ether oxygens (including phenoxy) is 2. The zero-order valence-electron chi connectivity index (χ0n) is 15.1. The summed E-state index contributed by atoms with van der Waals surface area (Å²) in [5.41, 5.74) is 7.48. The van der Waals surface area contributed by atoms with Gasteiger partial charge in [0.15, 0.2) is 0 Å². The number of hydrogen-bond donors (Lipinski definition) is 0. The predicted molar refractivity (Wildman–Crippen MR) is 97.3 cm³/mol. The molecule has 2 heterocycles. The third-order valence-electron chi connectivity index (χ3n) is 5.75. The van der Waals surface area contributed by atoms with Crippen LogP contribution >= 0.6 is 0 Å². The first-order valence-electron chi connectivity index (χ1n) is 9.14. The molecule has 2 aliphatic heterocycles. The van der Waals surface area contributed by atoms with Crippen molar-refractivity contribution in [2.75, 3.05) is 27.3 Å². The van der Waals surface area contributed by atoms with E-state index >= 15 is 0 Å². The van der Waals surface area contributed by atoms with Crippen LogP contribution < -0.4 is 4.74 Å². The predicted octanol–water partition coefficient (Wildman–Crippen LogP) is 3.71. The van der Waals surface area contributed by atoms with Crippen molar-refractivity contribution in [3.8, 4) is 5.75 Å². The van der Waals surface area contributed by atoms with Gasteiger partial charge in [0, 0.05) is 25.2 Å². The Labute approximate surface area is 149 Å². The lowest BCUT2D eigenvalue weighted by Gasteiger charge is -2.33. The standard InChI is InChI=1S/C21H25NO3/c1-24-16-8-9-17-14(11-16)6-7-15-13-22-10-4-3-5-20(22)19(12-18(15)17)21(23)25-2/h8-9,11H,3-7,10,12-13H2,1-2H3. The fraction of sp³-hybridized carbons (Fsp3) is 0.476. The van der Waals surface area contributed by atoms with Gasteiger partial charge in [-0.2, -0.15) is 0 Å². The van der Waals surface area contributed by atoms with E-state index in [4.69, 9.17) is 9.47 Å². The first-order valence-corrected chi connectivity index (χ1v) is 9.14. The van der Waals surface area contributed by atoms with Gasteiger partial charge in [-0.15, -0.1) is 0 Å². The Morgan fingerprint density at radius 1 is 1.12 bits per heavy atom. The number of hydrogen-bond acceptors (Lipinski definition) is 4. The molecule has 0 spiro atoms. The van der Waals surface area contributed by atoms with E-state index in [-0.39, 0.29) is 5.97 Å². The third kappa shape index (κ3) is 2.84. The molecule has 0 atom stereocenters. The number of allylic oxidation sites excluding steroid dienone is 2. The van der Waals surface area contributed by atoms with E-state index in [9.17, 15) is 4.79 Å². The Morgan fingerprint density at radius 2 is 2.00 bits per heavy atom. The number of piperidine rings is 1. The van der Waals surface area contributed by atoms with Crippen LogP contribution in [0.1, 0.15) is 43.2 Å². The highest BCUT2D eigenvalue weighted by Crippen LogP contribution is 2.42. The van der Waals surface area contributed by atoms with Gasteiger partial charge < -0.3 is 14.4 Å². The van der Waals surface area contributed by atoms with Gasteiger partial charge in [0.1, 0.15) is 5.75 Å². The van der Waals surface area contributed by atoms with E-state index in [0.717, 1.165) is 50.1 Å². The summed E-state index contributed by atoms with van der Waals surface area (Å²) >= 11 is 0. The fourth-order valence-corrected chi connectivity index (χ4v) is 4.45. The molecule has 0 radical (unpaired) electrons. The Morgan fingerprint density at radius 3 is 2.80 bits per heavy atom. The summed E-state index contributed by atoms with van der Waals surface area (Å²) in [5, 5.41) is 0. The van der Waals surface area contributed by atoms with Crippen molar-refractivity contribution in [2.45, 2.75) is 38.5 Å². The summed E-state index contributed by atoms with van der Waals surface area (Å²) in [6.45, 7) is 2.00. The molecule has 132 valence electrons. The Kier molecular flexibility index (Phi) is 4.28. The van der Waals surface area contributed by atoms with Crippen molar-refractivity contribution in [3.05, 3.63) is 46.2 Å². The van der Waals surface area contributed by atoms with Crippen LogP contribution in [-0.4, -0.2) is 38.2 Å². The Balaban J connectivity index is 1.80. The van der Waals surface area contributed by atoms with Gasteiger partial charge in [-0.1, -0.05) is 6.07 Å². The average Bonchev–Trinajstić information content (AvgIpc) is 2.83. The number of carbonyl (C=O) groups is 1. The minimum Gasteiger partial charge on any atom is -0.497 e. The summed E-state index contributed by atoms with van der Waals surface area (Å²) in [4.78, 5) is 14.9. The molecule has 4 rings (SSSR count). The molecule has 1 saturated heterocycles. The van der Waals surface area contributed by atoms with Gasteiger partial charge >= 0.3 is 5.97 Å². The summed E-state index contributed by atoms with van der Waals surface area (Å²) in [7, 11) is 3.20. The molecule has 0 amide bonds. The normalized spacial score (nSPS) is 19.7. The molecule has 1 aromatic rings. The van der Waals surface area contributed by atoms with Crippen molar-refractivity contribution < 1.29 is 14.3 Å². The second-order valence-corrected chi connectivity index (χ2v) is 7.08. The second-order valence-electron chi connectivity index (χ2n) is 7.08. The van der Waals surface area contributed by atoms with Crippen LogP contribution in [0.4, 0.5) is 0 Å². The number of methoxy groups -OCH3 is 2. The maximum absolute atomic E-state index is 12.5. The molecule has 25 heavy (non-hydrogen) atoms. The van der Waals surface area contributed by atoms with Gasteiger partial charge in [0.25, 0.3) is 0 Å². The summed E-state index contributed by atoms with van der Waals surface area (Å²) < 4.78 is 10.5. The number of fused-ring (bicyclic) bond motifs is 3. The smallest absolute Gasteiger partial charge is 0.335 e. The van der Waals surface area contributed by atoms with Crippen molar-refractivity contribution >= 4 is 11.5 Å². The third-order valence-corrected chi connectivity index (χ3v) is 5.75. The molecular formula is C21H25NO3. The number of benzene rings is 1. The van der Waals surface area contributed by atoms with E-state index in [0.29, 0.717) is 6.42 Å². The Bertz CT molecular complexity index is 775. The van der Waals surface area contributed by atoms with Crippen LogP contribution in [0.2, 0.25) is 0 Å². The molecule has 1 aromatic carbocycles. The molecule has 0 aromatic heterocycles. The summed E-state index contributed by atoms with van der Waals surface area (Å²) in [6.07, 6.45) is 6.14. The highest BCUT2D eigenvalue weighted by Gasteiger charge is 2.31. The van der Waals surface area contributed by atoms with Gasteiger partial charge in [-0.3, -0.25) is 0 Å². The summed E-state index contributed by atoms with van der Waals surface area (Å²) in [5.74, 6) is 0.733. The number of rotatable bonds is 2. The first-order chi connectivity index (χ1) is 12.2. The van der Waals surface area contributed by atoms with Gasteiger partial charge in [-0.05, 0) is 66.5 Å². The second kappa shape index (κ2) is 6.58. The van der Waals surface area contributed by atoms with E-state index < -0.39 is 0 Å². The number of esters is 1. The lowest BCUT2D eigenvalue weighted by atomic mass is 9.83. The zero-order chi connectivity index (χ0) is 17.4. The van der Waals surface area contributed by atoms with Crippen LogP contribution in [-0.2, 0) is 16.0 Å². The molecule has 0 unspecified atom stereocenters. The maximum Gasteiger partial charge on any atom is 0.335 e. The maximum atomic E-state index is 12.5. The molecular weight excluding hydrogens is 314 g/mol. The lowest BCUT2D eigenvalue weighted by molar-refractivity contribution is -0.136. The van der Waals surface area contributed by atoms with Crippen molar-refractivity contribution in [3.63, 3.8) is 0 Å². The molecule has 1 aliphatic carbocycles. The van der Waals surface area contributed by atoms with E-state index in [1.54, 1.807) is 7.11 Å². The Hall–Kier alpha value is -2.23. The minimum absolute atomic E-state index is 0.170. The SMILES string of the molecule is COC(=O)C1=C2CCCCN2CC2=C(C1)c1ccc(OC)cc1CC2. The summed E-state index contributed by atoms with van der Waals surface area (Å²) in [6, 6.07) is 6.33. The molecule has 4 heteroatoms. The average molecular weight is 339 g/mol. The van der Waals surface area contributed by atoms with Crippen molar-refractivity contribution in [1.29, 1.82) is 0 Å². The number of nitrogens with zero attached hydrogens (tertiary/aromatic N) is 1. The van der Waals surface area contributed by atoms with E-state index in [2.05, 4.69) is 17.0 Å². The zero-order valence-corrected chi connectivity index (χ0v) is 15.1. The largest absolute Gasteiger partial charge is 0.497 e. The topological polar surface area (TPSA) is 38.8 Å². The van der Waals surface area contributed by atoms with Crippen molar-refractivity contribution in [1.82, 2.24) is 4.90 Å². The number of aryl methyl sites for hydroxylation is 1. The highest BCUT2D eigenvalue weighted by atomic mass is 16.5. The van der Waals surface area contributed by atoms with Crippen molar-refractivity contribution in [2.24, 2.45) is 0 Å². The van der Waals surface area contributed by atoms with Gasteiger partial charge in [0.2, 0.25) is 0 Å². The molecule has 0 saturated carbocycles. The minimum atomic E-state index is -0.170.